The van der Waals surface area contributed by atoms with Gasteiger partial charge in [-0.15, -0.1) is 0 Å². The molecule has 0 saturated carbocycles. The molecule has 1 aliphatic heterocycles. The number of benzene rings is 1. The van der Waals surface area contributed by atoms with Gasteiger partial charge in [0.15, 0.2) is 0 Å². The van der Waals surface area contributed by atoms with Crippen LogP contribution in [0.4, 0.5) is 0 Å². The van der Waals surface area contributed by atoms with Crippen molar-refractivity contribution >= 4 is 23.5 Å². The van der Waals surface area contributed by atoms with Crippen LogP contribution in [-0.4, -0.2) is 38.4 Å². The predicted octanol–water partition coefficient (Wildman–Crippen LogP) is 2.87. The summed E-state index contributed by atoms with van der Waals surface area (Å²) >= 11 is 6.31. The fraction of sp³-hybridized carbons (Fsp3) is 0.474. The Kier molecular flexibility index (Phi) is 6.86. The van der Waals surface area contributed by atoms with Crippen LogP contribution in [0, 0.1) is 11.8 Å². The standard InChI is InChI=1S/C19H21ClO5/c1-3-24-17(21)9-8-14-15(6-5-7-16(14)20)19(18(22)25-4-2)10-12-23-13-11-19/h5-7H,3-4,10-13H2,1-2H3. The smallest absolute Gasteiger partial charge is 0.384 e. The second-order valence-electron chi connectivity index (χ2n) is 5.55. The third kappa shape index (κ3) is 4.33. The fourth-order valence-electron chi connectivity index (χ4n) is 2.90. The van der Waals surface area contributed by atoms with E-state index in [0.717, 1.165) is 0 Å². The third-order valence-corrected chi connectivity index (χ3v) is 4.42. The molecule has 0 atom stereocenters. The molecular weight excluding hydrogens is 344 g/mol. The van der Waals surface area contributed by atoms with Crippen molar-refractivity contribution in [2.24, 2.45) is 0 Å². The van der Waals surface area contributed by atoms with E-state index in [9.17, 15) is 9.59 Å². The Labute approximate surface area is 152 Å². The summed E-state index contributed by atoms with van der Waals surface area (Å²) in [6.07, 6.45) is 0.945. The highest BCUT2D eigenvalue weighted by Crippen LogP contribution is 2.39. The van der Waals surface area contributed by atoms with Crippen molar-refractivity contribution in [1.29, 1.82) is 0 Å². The molecule has 0 spiro atoms. The number of esters is 2. The van der Waals surface area contributed by atoms with Crippen LogP contribution in [0.3, 0.4) is 0 Å². The van der Waals surface area contributed by atoms with E-state index in [1.54, 1.807) is 26.0 Å². The molecule has 0 amide bonds. The molecule has 25 heavy (non-hydrogen) atoms. The van der Waals surface area contributed by atoms with E-state index in [1.165, 1.54) is 0 Å². The lowest BCUT2D eigenvalue weighted by atomic mass is 9.72. The first-order valence-corrected chi connectivity index (χ1v) is 8.65. The highest BCUT2D eigenvalue weighted by atomic mass is 35.5. The topological polar surface area (TPSA) is 61.8 Å². The van der Waals surface area contributed by atoms with Gasteiger partial charge in [0.1, 0.15) is 0 Å². The van der Waals surface area contributed by atoms with Crippen molar-refractivity contribution in [2.75, 3.05) is 26.4 Å². The minimum atomic E-state index is -0.877. The van der Waals surface area contributed by atoms with Gasteiger partial charge in [0.25, 0.3) is 0 Å². The summed E-state index contributed by atoms with van der Waals surface area (Å²) in [6, 6.07) is 5.26. The zero-order chi connectivity index (χ0) is 18.3. The number of halogens is 1. The van der Waals surface area contributed by atoms with E-state index in [0.29, 0.717) is 42.2 Å². The Bertz CT molecular complexity index is 696. The van der Waals surface area contributed by atoms with Gasteiger partial charge < -0.3 is 14.2 Å². The molecule has 2 rings (SSSR count). The van der Waals surface area contributed by atoms with Crippen LogP contribution in [0.5, 0.6) is 0 Å². The number of hydrogen-bond donors (Lipinski definition) is 0. The van der Waals surface area contributed by atoms with Gasteiger partial charge in [-0.25, -0.2) is 4.79 Å². The molecule has 0 unspecified atom stereocenters. The molecule has 0 aromatic heterocycles. The summed E-state index contributed by atoms with van der Waals surface area (Å²) in [5.41, 5.74) is 0.239. The van der Waals surface area contributed by atoms with Crippen LogP contribution >= 0.6 is 11.6 Å². The minimum absolute atomic E-state index is 0.243. The molecule has 0 N–H and O–H groups in total. The quantitative estimate of drug-likeness (QED) is 0.607. The summed E-state index contributed by atoms with van der Waals surface area (Å²) in [5.74, 6) is 4.26. The minimum Gasteiger partial charge on any atom is -0.465 e. The summed E-state index contributed by atoms with van der Waals surface area (Å²) in [5, 5.41) is 0.379. The van der Waals surface area contributed by atoms with Gasteiger partial charge in [-0.1, -0.05) is 29.7 Å². The van der Waals surface area contributed by atoms with E-state index in [2.05, 4.69) is 11.8 Å². The summed E-state index contributed by atoms with van der Waals surface area (Å²) in [6.45, 7) is 4.88. The lowest BCUT2D eigenvalue weighted by molar-refractivity contribution is -0.154. The largest absolute Gasteiger partial charge is 0.465 e. The molecule has 1 fully saturated rings. The molecule has 0 aliphatic carbocycles. The monoisotopic (exact) mass is 364 g/mol. The van der Waals surface area contributed by atoms with Crippen LogP contribution in [0.1, 0.15) is 37.8 Å². The number of ether oxygens (including phenoxy) is 3. The molecule has 1 aromatic rings. The van der Waals surface area contributed by atoms with Gasteiger partial charge >= 0.3 is 11.9 Å². The van der Waals surface area contributed by atoms with Gasteiger partial charge in [-0.2, -0.15) is 0 Å². The van der Waals surface area contributed by atoms with Crippen molar-refractivity contribution in [3.8, 4) is 11.8 Å². The first-order chi connectivity index (χ1) is 12.0. The van der Waals surface area contributed by atoms with E-state index in [1.807, 2.05) is 6.07 Å². The highest BCUT2D eigenvalue weighted by Gasteiger charge is 2.44. The van der Waals surface area contributed by atoms with Gasteiger partial charge in [-0.05, 0) is 38.3 Å². The molecule has 0 radical (unpaired) electrons. The molecule has 6 heteroatoms. The Morgan fingerprint density at radius 3 is 2.52 bits per heavy atom. The van der Waals surface area contributed by atoms with E-state index in [-0.39, 0.29) is 19.2 Å². The summed E-state index contributed by atoms with van der Waals surface area (Å²) < 4.78 is 15.6. The van der Waals surface area contributed by atoms with Crippen LogP contribution in [0.25, 0.3) is 0 Å². The molecular formula is C19H21ClO5. The number of hydrogen-bond acceptors (Lipinski definition) is 5. The van der Waals surface area contributed by atoms with Crippen LogP contribution in [-0.2, 0) is 29.2 Å². The molecule has 134 valence electrons. The van der Waals surface area contributed by atoms with Crippen molar-refractivity contribution in [3.05, 3.63) is 34.3 Å². The average Bonchev–Trinajstić information content (AvgIpc) is 2.61. The number of rotatable bonds is 4. The third-order valence-electron chi connectivity index (χ3n) is 4.11. The first kappa shape index (κ1) is 19.3. The molecule has 1 heterocycles. The lowest BCUT2D eigenvalue weighted by Crippen LogP contribution is -2.43. The fourth-order valence-corrected chi connectivity index (χ4v) is 3.12. The first-order valence-electron chi connectivity index (χ1n) is 8.28. The Hall–Kier alpha value is -2.03. The van der Waals surface area contributed by atoms with Crippen molar-refractivity contribution in [3.63, 3.8) is 0 Å². The summed E-state index contributed by atoms with van der Waals surface area (Å²) in [7, 11) is 0. The zero-order valence-corrected chi connectivity index (χ0v) is 15.1. The van der Waals surface area contributed by atoms with Crippen LogP contribution < -0.4 is 0 Å². The van der Waals surface area contributed by atoms with Gasteiger partial charge in [0, 0.05) is 24.7 Å². The maximum absolute atomic E-state index is 12.8. The Balaban J connectivity index is 2.53. The second-order valence-corrected chi connectivity index (χ2v) is 5.96. The SMILES string of the molecule is CCOC(=O)C#Cc1c(Cl)cccc1C1(C(=O)OCC)CCOCC1. The van der Waals surface area contributed by atoms with Crippen LogP contribution in [0.2, 0.25) is 5.02 Å². The Morgan fingerprint density at radius 2 is 1.88 bits per heavy atom. The lowest BCUT2D eigenvalue weighted by Gasteiger charge is -2.36. The number of carbonyl (C=O) groups excluding carboxylic acids is 2. The molecule has 0 bridgehead atoms. The molecule has 1 aromatic carbocycles. The van der Waals surface area contributed by atoms with Crippen LogP contribution in [0.15, 0.2) is 18.2 Å². The van der Waals surface area contributed by atoms with Crippen molar-refractivity contribution in [2.45, 2.75) is 32.1 Å². The van der Waals surface area contributed by atoms with E-state index < -0.39 is 11.4 Å². The molecule has 1 aliphatic rings. The maximum atomic E-state index is 12.8. The van der Waals surface area contributed by atoms with Gasteiger partial charge in [-0.3, -0.25) is 4.79 Å². The predicted molar refractivity (Wildman–Crippen MR) is 93.3 cm³/mol. The normalized spacial score (nSPS) is 15.6. The maximum Gasteiger partial charge on any atom is 0.384 e. The number of carbonyl (C=O) groups is 2. The average molecular weight is 365 g/mol. The summed E-state index contributed by atoms with van der Waals surface area (Å²) in [4.78, 5) is 24.3. The van der Waals surface area contributed by atoms with Gasteiger partial charge in [0.05, 0.1) is 23.7 Å². The molecule has 5 nitrogen and oxygen atoms in total. The highest BCUT2D eigenvalue weighted by molar-refractivity contribution is 6.32. The van der Waals surface area contributed by atoms with Crippen molar-refractivity contribution in [1.82, 2.24) is 0 Å². The van der Waals surface area contributed by atoms with E-state index >= 15 is 0 Å². The Morgan fingerprint density at radius 1 is 1.20 bits per heavy atom. The zero-order valence-electron chi connectivity index (χ0n) is 14.4. The van der Waals surface area contributed by atoms with E-state index in [4.69, 9.17) is 25.8 Å². The van der Waals surface area contributed by atoms with Gasteiger partial charge in [0.2, 0.25) is 0 Å². The molecule has 1 saturated heterocycles. The van der Waals surface area contributed by atoms with Crippen molar-refractivity contribution < 1.29 is 23.8 Å². The second kappa shape index (κ2) is 8.89.